The molecule has 1 aliphatic rings. The fraction of sp³-hybridized carbons (Fsp3) is 0.304. The van der Waals surface area contributed by atoms with Gasteiger partial charge in [-0.15, -0.1) is 0 Å². The summed E-state index contributed by atoms with van der Waals surface area (Å²) < 4.78 is 5.33. The number of imide groups is 1. The fourth-order valence-corrected chi connectivity index (χ4v) is 3.86. The van der Waals surface area contributed by atoms with Gasteiger partial charge in [0.25, 0.3) is 5.91 Å². The number of amides is 3. The zero-order valence-electron chi connectivity index (χ0n) is 17.6. The van der Waals surface area contributed by atoms with Gasteiger partial charge >= 0.3 is 6.03 Å². The first-order valence-corrected chi connectivity index (χ1v) is 10.5. The Kier molecular flexibility index (Phi) is 5.54. The molecule has 7 nitrogen and oxygen atoms in total. The maximum Gasteiger partial charge on any atom is 0.325 e. The number of benzene rings is 2. The van der Waals surface area contributed by atoms with Crippen molar-refractivity contribution >= 4 is 23.5 Å². The van der Waals surface area contributed by atoms with Crippen molar-refractivity contribution in [2.24, 2.45) is 0 Å². The van der Waals surface area contributed by atoms with Crippen molar-refractivity contribution in [3.8, 4) is 11.4 Å². The Hall–Kier alpha value is -3.19. The Morgan fingerprint density at radius 3 is 2.39 bits per heavy atom. The van der Waals surface area contributed by atoms with Gasteiger partial charge in [0.2, 0.25) is 11.7 Å². The van der Waals surface area contributed by atoms with E-state index in [-0.39, 0.29) is 18.3 Å². The minimum absolute atomic E-state index is 0.100. The zero-order chi connectivity index (χ0) is 22.2. The molecule has 0 bridgehead atoms. The molecule has 3 aromatic rings. The quantitative estimate of drug-likeness (QED) is 0.554. The Bertz CT molecular complexity index is 1110. The molecule has 1 fully saturated rings. The number of carbonyl (C=O) groups excluding carboxylic acids is 2. The van der Waals surface area contributed by atoms with E-state index in [1.165, 1.54) is 5.56 Å². The molecular formula is C23H23ClN4O3. The van der Waals surface area contributed by atoms with Crippen LogP contribution in [-0.4, -0.2) is 27.0 Å². The summed E-state index contributed by atoms with van der Waals surface area (Å²) in [7, 11) is 0. The van der Waals surface area contributed by atoms with Crippen molar-refractivity contribution < 1.29 is 14.1 Å². The maximum atomic E-state index is 13.3. The van der Waals surface area contributed by atoms with Gasteiger partial charge in [0.1, 0.15) is 12.1 Å². The summed E-state index contributed by atoms with van der Waals surface area (Å²) in [6.45, 7) is 6.00. The monoisotopic (exact) mass is 438 g/mol. The lowest BCUT2D eigenvalue weighted by molar-refractivity contribution is -0.132. The molecule has 3 amide bonds. The predicted molar refractivity (Wildman–Crippen MR) is 116 cm³/mol. The summed E-state index contributed by atoms with van der Waals surface area (Å²) in [5.41, 5.74) is 1.55. The van der Waals surface area contributed by atoms with E-state index in [0.717, 1.165) is 10.5 Å². The van der Waals surface area contributed by atoms with Crippen LogP contribution < -0.4 is 5.32 Å². The van der Waals surface area contributed by atoms with Gasteiger partial charge in [-0.3, -0.25) is 9.69 Å². The molecule has 1 N–H and O–H groups in total. The van der Waals surface area contributed by atoms with Crippen molar-refractivity contribution in [1.82, 2.24) is 20.4 Å². The van der Waals surface area contributed by atoms with Crippen LogP contribution in [0.5, 0.6) is 0 Å². The molecule has 1 atom stereocenters. The molecule has 1 aromatic heterocycles. The van der Waals surface area contributed by atoms with E-state index in [9.17, 15) is 9.59 Å². The van der Waals surface area contributed by atoms with Gasteiger partial charge in [0.05, 0.1) is 0 Å². The van der Waals surface area contributed by atoms with Gasteiger partial charge in [-0.05, 0) is 35.6 Å². The van der Waals surface area contributed by atoms with Crippen molar-refractivity contribution in [3.63, 3.8) is 0 Å². The van der Waals surface area contributed by atoms with Gasteiger partial charge in [-0.2, -0.15) is 4.98 Å². The number of nitrogens with one attached hydrogen (secondary N) is 1. The van der Waals surface area contributed by atoms with E-state index in [1.807, 2.05) is 31.2 Å². The summed E-state index contributed by atoms with van der Waals surface area (Å²) in [6, 6.07) is 14.3. The lowest BCUT2D eigenvalue weighted by Crippen LogP contribution is -2.43. The van der Waals surface area contributed by atoms with E-state index in [1.54, 1.807) is 24.3 Å². The van der Waals surface area contributed by atoms with Gasteiger partial charge in [0.15, 0.2) is 0 Å². The molecule has 2 heterocycles. The van der Waals surface area contributed by atoms with Crippen LogP contribution in [0.15, 0.2) is 53.1 Å². The topological polar surface area (TPSA) is 88.3 Å². The van der Waals surface area contributed by atoms with E-state index in [2.05, 4.69) is 29.3 Å². The van der Waals surface area contributed by atoms with Crippen LogP contribution in [0.4, 0.5) is 4.79 Å². The molecule has 2 aromatic carbocycles. The van der Waals surface area contributed by atoms with Crippen LogP contribution in [-0.2, 0) is 16.9 Å². The standard InChI is InChI=1S/C23H23ClN4O3/c1-4-23(17-9-11-18(24)12-10-17)21(29)28(22(30)26-23)13-19-25-20(27-31-19)16-7-5-15(6-8-16)14(2)3/h5-12,14H,4,13H2,1-3H3,(H,26,30). The number of hydrogen-bond acceptors (Lipinski definition) is 5. The average Bonchev–Trinajstić information content (AvgIpc) is 3.33. The molecule has 1 unspecified atom stereocenters. The third-order valence-corrected chi connectivity index (χ3v) is 5.89. The molecule has 8 heteroatoms. The van der Waals surface area contributed by atoms with Crippen LogP contribution in [0, 0.1) is 0 Å². The summed E-state index contributed by atoms with van der Waals surface area (Å²) >= 11 is 5.97. The molecular weight excluding hydrogens is 416 g/mol. The normalized spacial score (nSPS) is 18.7. The lowest BCUT2D eigenvalue weighted by atomic mass is 9.87. The second-order valence-electron chi connectivity index (χ2n) is 7.88. The highest BCUT2D eigenvalue weighted by Gasteiger charge is 2.51. The highest BCUT2D eigenvalue weighted by molar-refractivity contribution is 6.30. The van der Waals surface area contributed by atoms with E-state index in [0.29, 0.717) is 28.7 Å². The van der Waals surface area contributed by atoms with Gasteiger partial charge in [0, 0.05) is 10.6 Å². The number of hydrogen-bond donors (Lipinski definition) is 1. The molecule has 0 spiro atoms. The third-order valence-electron chi connectivity index (χ3n) is 5.64. The average molecular weight is 439 g/mol. The molecule has 1 saturated heterocycles. The SMILES string of the molecule is CCC1(c2ccc(Cl)cc2)NC(=O)N(Cc2nc(-c3ccc(C(C)C)cc3)no2)C1=O. The minimum atomic E-state index is -1.14. The van der Waals surface area contributed by atoms with E-state index in [4.69, 9.17) is 16.1 Å². The summed E-state index contributed by atoms with van der Waals surface area (Å²) in [6.07, 6.45) is 0.396. The van der Waals surface area contributed by atoms with Crippen LogP contribution in [0.1, 0.15) is 50.1 Å². The molecule has 0 aliphatic carbocycles. The Balaban J connectivity index is 1.55. The highest BCUT2D eigenvalue weighted by Crippen LogP contribution is 2.34. The fourth-order valence-electron chi connectivity index (χ4n) is 3.73. The zero-order valence-corrected chi connectivity index (χ0v) is 18.3. The summed E-state index contributed by atoms with van der Waals surface area (Å²) in [5.74, 6) is 0.670. The Morgan fingerprint density at radius 1 is 1.10 bits per heavy atom. The van der Waals surface area contributed by atoms with Gasteiger partial charge in [-0.1, -0.05) is 73.9 Å². The molecule has 31 heavy (non-hydrogen) atoms. The molecule has 0 saturated carbocycles. The first-order valence-electron chi connectivity index (χ1n) is 10.2. The number of urea groups is 1. The number of carbonyl (C=O) groups is 2. The predicted octanol–water partition coefficient (Wildman–Crippen LogP) is 4.87. The Labute approximate surface area is 185 Å². The van der Waals surface area contributed by atoms with Crippen LogP contribution in [0.2, 0.25) is 5.02 Å². The number of nitrogens with zero attached hydrogens (tertiary/aromatic N) is 3. The van der Waals surface area contributed by atoms with E-state index >= 15 is 0 Å². The van der Waals surface area contributed by atoms with Gasteiger partial charge < -0.3 is 9.84 Å². The van der Waals surface area contributed by atoms with Crippen LogP contribution in [0.3, 0.4) is 0 Å². The molecule has 4 rings (SSSR count). The summed E-state index contributed by atoms with van der Waals surface area (Å²) in [5, 5.41) is 7.40. The van der Waals surface area contributed by atoms with Crippen molar-refractivity contribution in [1.29, 1.82) is 0 Å². The maximum absolute atomic E-state index is 13.3. The highest BCUT2D eigenvalue weighted by atomic mass is 35.5. The van der Waals surface area contributed by atoms with Crippen LogP contribution in [0.25, 0.3) is 11.4 Å². The first kappa shape index (κ1) is 21.1. The van der Waals surface area contributed by atoms with E-state index < -0.39 is 11.6 Å². The van der Waals surface area contributed by atoms with Crippen molar-refractivity contribution in [2.45, 2.75) is 45.2 Å². The number of halogens is 1. The minimum Gasteiger partial charge on any atom is -0.337 e. The first-order chi connectivity index (χ1) is 14.8. The number of rotatable bonds is 6. The lowest BCUT2D eigenvalue weighted by Gasteiger charge is -2.25. The second-order valence-corrected chi connectivity index (χ2v) is 8.31. The second kappa shape index (κ2) is 8.15. The molecule has 160 valence electrons. The third kappa shape index (κ3) is 3.81. The van der Waals surface area contributed by atoms with Gasteiger partial charge in [-0.25, -0.2) is 4.79 Å². The number of aromatic nitrogens is 2. The van der Waals surface area contributed by atoms with Crippen molar-refractivity contribution in [3.05, 3.63) is 70.6 Å². The molecule has 1 aliphatic heterocycles. The Morgan fingerprint density at radius 2 is 1.77 bits per heavy atom. The van der Waals surface area contributed by atoms with Crippen LogP contribution >= 0.6 is 11.6 Å². The summed E-state index contributed by atoms with van der Waals surface area (Å²) in [4.78, 5) is 31.4. The van der Waals surface area contributed by atoms with Crippen molar-refractivity contribution in [2.75, 3.05) is 0 Å². The largest absolute Gasteiger partial charge is 0.337 e. The molecule has 0 radical (unpaired) electrons. The smallest absolute Gasteiger partial charge is 0.325 e.